The van der Waals surface area contributed by atoms with Crippen molar-refractivity contribution >= 4 is 32.1 Å². The summed E-state index contributed by atoms with van der Waals surface area (Å²) in [5, 5.41) is 9.98. The highest BCUT2D eigenvalue weighted by Crippen LogP contribution is 2.39. The molecule has 0 spiro atoms. The van der Waals surface area contributed by atoms with E-state index in [0.717, 1.165) is 5.47 Å². The van der Waals surface area contributed by atoms with E-state index in [1.807, 2.05) is 27.7 Å². The average Bonchev–Trinajstić information content (AvgIpc) is 2.73. The molecule has 0 saturated carbocycles. The van der Waals surface area contributed by atoms with Gasteiger partial charge in [-0.2, -0.15) is 12.6 Å². The Kier molecular flexibility index (Phi) is 5.37. The van der Waals surface area contributed by atoms with Crippen molar-refractivity contribution in [3.8, 4) is 11.5 Å². The molecule has 5 nitrogen and oxygen atoms in total. The molecule has 1 aliphatic rings. The Bertz CT molecular complexity index is 653. The Hall–Kier alpha value is -1.44. The van der Waals surface area contributed by atoms with Gasteiger partial charge in [0.25, 0.3) is 0 Å². The van der Waals surface area contributed by atoms with Crippen molar-refractivity contribution < 1.29 is 23.9 Å². The highest BCUT2D eigenvalue weighted by atomic mass is 32.1. The summed E-state index contributed by atoms with van der Waals surface area (Å²) in [6.45, 7) is 7.89. The predicted molar refractivity (Wildman–Crippen MR) is 98.0 cm³/mol. The minimum Gasteiger partial charge on any atom is -0.504 e. The second-order valence-corrected chi connectivity index (χ2v) is 7.05. The van der Waals surface area contributed by atoms with Crippen molar-refractivity contribution in [1.29, 1.82) is 0 Å². The first kappa shape index (κ1) is 18.9. The first-order valence-corrected chi connectivity index (χ1v) is 8.31. The molecule has 1 aromatic rings. The number of carbonyl (C=O) groups excluding carboxylic acids is 1. The summed E-state index contributed by atoms with van der Waals surface area (Å²) in [5.41, 5.74) is 0.803. The van der Waals surface area contributed by atoms with E-state index in [2.05, 4.69) is 12.6 Å². The van der Waals surface area contributed by atoms with Gasteiger partial charge in [-0.25, -0.2) is 0 Å². The smallest absolute Gasteiger partial charge is 0.491 e. The molecule has 2 rings (SSSR count). The number of phenols is 1. The molecule has 0 bridgehead atoms. The molecule has 24 heavy (non-hydrogen) atoms. The molecule has 1 aromatic carbocycles. The minimum atomic E-state index is -0.559. The molecular weight excluding hydrogens is 327 g/mol. The van der Waals surface area contributed by atoms with Crippen molar-refractivity contribution in [2.75, 3.05) is 12.9 Å². The van der Waals surface area contributed by atoms with E-state index < -0.39 is 18.3 Å². The summed E-state index contributed by atoms with van der Waals surface area (Å²) in [7, 11) is 0.874. The van der Waals surface area contributed by atoms with Gasteiger partial charge in [-0.15, -0.1) is 0 Å². The Balaban J connectivity index is 2.42. The number of carbonyl (C=O) groups is 1. The summed E-state index contributed by atoms with van der Waals surface area (Å²) < 4.78 is 17.1. The second kappa shape index (κ2) is 6.82. The number of hydrogen-bond acceptors (Lipinski definition) is 6. The zero-order chi connectivity index (χ0) is 18.1. The van der Waals surface area contributed by atoms with Gasteiger partial charge >= 0.3 is 7.12 Å². The van der Waals surface area contributed by atoms with Gasteiger partial charge < -0.3 is 19.2 Å². The van der Waals surface area contributed by atoms with Gasteiger partial charge in [-0.1, -0.05) is 6.08 Å². The molecule has 1 fully saturated rings. The molecule has 0 atom stereocenters. The van der Waals surface area contributed by atoms with Crippen molar-refractivity contribution in [2.24, 2.45) is 0 Å². The first-order chi connectivity index (χ1) is 11.1. The fraction of sp³-hybridized carbons (Fsp3) is 0.471. The van der Waals surface area contributed by atoms with Gasteiger partial charge in [0, 0.05) is 11.3 Å². The van der Waals surface area contributed by atoms with Crippen LogP contribution in [0.4, 0.5) is 0 Å². The Morgan fingerprint density at radius 3 is 2.29 bits per heavy atom. The SMILES string of the molecule is COc1cc(C=O)c(C=C(CS)B2OC(C)(C)C(C)(C)O2)cc1O. The minimum absolute atomic E-state index is 0.0400. The Morgan fingerprint density at radius 2 is 1.83 bits per heavy atom. The lowest BCUT2D eigenvalue weighted by molar-refractivity contribution is 0.00578. The quantitative estimate of drug-likeness (QED) is 0.485. The molecular formula is C17H23BO5S. The Morgan fingerprint density at radius 1 is 1.25 bits per heavy atom. The number of rotatable bonds is 5. The van der Waals surface area contributed by atoms with Crippen LogP contribution in [-0.4, -0.2) is 42.6 Å². The van der Waals surface area contributed by atoms with Crippen molar-refractivity contribution in [3.05, 3.63) is 28.7 Å². The molecule has 0 unspecified atom stereocenters. The summed E-state index contributed by atoms with van der Waals surface area (Å²) in [5.74, 6) is 0.598. The third-order valence-electron chi connectivity index (χ3n) is 4.59. The molecule has 0 aliphatic carbocycles. The molecule has 1 heterocycles. The van der Waals surface area contributed by atoms with E-state index in [0.29, 0.717) is 23.2 Å². The van der Waals surface area contributed by atoms with Crippen LogP contribution >= 0.6 is 12.6 Å². The fourth-order valence-electron chi connectivity index (χ4n) is 2.37. The maximum absolute atomic E-state index is 11.4. The van der Waals surface area contributed by atoms with Crippen molar-refractivity contribution in [2.45, 2.75) is 38.9 Å². The fourth-order valence-corrected chi connectivity index (χ4v) is 2.61. The highest BCUT2D eigenvalue weighted by Gasteiger charge is 2.52. The number of aldehydes is 1. The van der Waals surface area contributed by atoms with Gasteiger partial charge in [0.15, 0.2) is 17.8 Å². The van der Waals surface area contributed by atoms with Crippen LogP contribution in [0.5, 0.6) is 11.5 Å². The number of methoxy groups -OCH3 is 1. The van der Waals surface area contributed by atoms with E-state index >= 15 is 0 Å². The summed E-state index contributed by atoms with van der Waals surface area (Å²) >= 11 is 4.36. The van der Waals surface area contributed by atoms with Crippen LogP contribution in [0.15, 0.2) is 17.6 Å². The van der Waals surface area contributed by atoms with Gasteiger partial charge in [0.2, 0.25) is 0 Å². The van der Waals surface area contributed by atoms with Gasteiger partial charge in [0.1, 0.15) is 0 Å². The van der Waals surface area contributed by atoms with Crippen LogP contribution in [0.1, 0.15) is 43.6 Å². The third-order valence-corrected chi connectivity index (χ3v) is 4.96. The van der Waals surface area contributed by atoms with Gasteiger partial charge in [-0.05, 0) is 50.9 Å². The number of phenolic OH excluding ortho intramolecular Hbond substituents is 1. The van der Waals surface area contributed by atoms with E-state index in [4.69, 9.17) is 14.0 Å². The average molecular weight is 350 g/mol. The van der Waals surface area contributed by atoms with E-state index in [-0.39, 0.29) is 11.5 Å². The lowest BCUT2D eigenvalue weighted by Gasteiger charge is -2.32. The van der Waals surface area contributed by atoms with E-state index in [1.54, 1.807) is 6.08 Å². The summed E-state index contributed by atoms with van der Waals surface area (Å²) in [4.78, 5) is 11.4. The lowest BCUT2D eigenvalue weighted by atomic mass is 9.78. The van der Waals surface area contributed by atoms with Crippen LogP contribution < -0.4 is 4.74 Å². The third kappa shape index (κ3) is 3.48. The highest BCUT2D eigenvalue weighted by molar-refractivity contribution is 7.80. The second-order valence-electron chi connectivity index (χ2n) is 6.74. The number of ether oxygens (including phenoxy) is 1. The van der Waals surface area contributed by atoms with Crippen LogP contribution in [0.3, 0.4) is 0 Å². The molecule has 1 aliphatic heterocycles. The monoisotopic (exact) mass is 350 g/mol. The van der Waals surface area contributed by atoms with Crippen LogP contribution in [-0.2, 0) is 9.31 Å². The normalized spacial score (nSPS) is 19.4. The summed E-state index contributed by atoms with van der Waals surface area (Å²) in [6, 6.07) is 2.98. The lowest BCUT2D eigenvalue weighted by Crippen LogP contribution is -2.41. The predicted octanol–water partition coefficient (Wildman–Crippen LogP) is 3.16. The molecule has 0 amide bonds. The van der Waals surface area contributed by atoms with Crippen LogP contribution in [0, 0.1) is 0 Å². The van der Waals surface area contributed by atoms with Gasteiger partial charge in [0.05, 0.1) is 18.3 Å². The molecule has 0 radical (unpaired) electrons. The van der Waals surface area contributed by atoms with Crippen LogP contribution in [0.25, 0.3) is 6.08 Å². The van der Waals surface area contributed by atoms with E-state index in [1.165, 1.54) is 19.2 Å². The number of aromatic hydroxyl groups is 1. The number of hydrogen-bond donors (Lipinski definition) is 2. The summed E-state index contributed by atoms with van der Waals surface area (Å²) in [6.07, 6.45) is 2.48. The van der Waals surface area contributed by atoms with Gasteiger partial charge in [-0.3, -0.25) is 4.79 Å². The zero-order valence-electron chi connectivity index (χ0n) is 14.6. The largest absolute Gasteiger partial charge is 0.504 e. The molecule has 0 aromatic heterocycles. The molecule has 130 valence electrons. The van der Waals surface area contributed by atoms with Crippen LogP contribution in [0.2, 0.25) is 0 Å². The molecule has 7 heteroatoms. The maximum Gasteiger partial charge on any atom is 0.491 e. The Labute approximate surface area is 148 Å². The standard InChI is InChI=1S/C17H23BO5S/c1-16(2)17(3,4)23-18(22-16)13(10-24)6-11-7-14(20)15(21-5)8-12(11)9-19/h6-9,20,24H,10H2,1-5H3. The number of benzene rings is 1. The number of thiol groups is 1. The van der Waals surface area contributed by atoms with E-state index in [9.17, 15) is 9.90 Å². The first-order valence-electron chi connectivity index (χ1n) is 7.68. The van der Waals surface area contributed by atoms with Crippen molar-refractivity contribution in [1.82, 2.24) is 0 Å². The molecule has 1 saturated heterocycles. The topological polar surface area (TPSA) is 65.0 Å². The van der Waals surface area contributed by atoms with Crippen molar-refractivity contribution in [3.63, 3.8) is 0 Å². The maximum atomic E-state index is 11.4. The molecule has 1 N–H and O–H groups in total. The zero-order valence-corrected chi connectivity index (χ0v) is 15.5.